The third-order valence-electron chi connectivity index (χ3n) is 7.00. The molecule has 1 amide bonds. The summed E-state index contributed by atoms with van der Waals surface area (Å²) in [5, 5.41) is 6.29. The number of piperazine rings is 1. The molecule has 2 aliphatic rings. The lowest BCUT2D eigenvalue weighted by atomic mass is 9.76. The Morgan fingerprint density at radius 2 is 1.42 bits per heavy atom. The standard InChI is InChI=1S/C26H29F6N3O/c27-25(28,29)20-14-18(15-21(17-20)26(30,31)32)16-23(36)34-24(8-2-1-3-9-24)19-4-6-22(7-5-19)35-12-10-33-11-13-35/h4-7,14-15,17,33H,1-3,8-13,16H2,(H,34,36). The van der Waals surface area contributed by atoms with Crippen LogP contribution >= 0.6 is 0 Å². The van der Waals surface area contributed by atoms with Crippen LogP contribution in [-0.4, -0.2) is 32.1 Å². The molecule has 4 rings (SSSR count). The van der Waals surface area contributed by atoms with E-state index in [9.17, 15) is 31.1 Å². The monoisotopic (exact) mass is 513 g/mol. The maximum Gasteiger partial charge on any atom is 0.416 e. The molecule has 1 heterocycles. The van der Waals surface area contributed by atoms with Crippen LogP contribution in [0.5, 0.6) is 0 Å². The average molecular weight is 514 g/mol. The molecule has 0 spiro atoms. The van der Waals surface area contributed by atoms with E-state index in [-0.39, 0.29) is 11.6 Å². The summed E-state index contributed by atoms with van der Waals surface area (Å²) in [4.78, 5) is 15.3. The zero-order valence-electron chi connectivity index (χ0n) is 19.7. The average Bonchev–Trinajstić information content (AvgIpc) is 2.84. The van der Waals surface area contributed by atoms with E-state index in [4.69, 9.17) is 0 Å². The summed E-state index contributed by atoms with van der Waals surface area (Å²) in [6, 6.07) is 9.25. The van der Waals surface area contributed by atoms with Gasteiger partial charge in [-0.3, -0.25) is 4.79 Å². The molecule has 2 aromatic rings. The molecule has 10 heteroatoms. The Labute approximate surface area is 206 Å². The van der Waals surface area contributed by atoms with Crippen molar-refractivity contribution in [3.8, 4) is 0 Å². The van der Waals surface area contributed by atoms with Gasteiger partial charge in [-0.15, -0.1) is 0 Å². The molecule has 0 bridgehead atoms. The van der Waals surface area contributed by atoms with Crippen LogP contribution in [0.4, 0.5) is 32.0 Å². The number of benzene rings is 2. The highest BCUT2D eigenvalue weighted by Crippen LogP contribution is 2.39. The highest BCUT2D eigenvalue weighted by atomic mass is 19.4. The Morgan fingerprint density at radius 3 is 1.94 bits per heavy atom. The van der Waals surface area contributed by atoms with Crippen molar-refractivity contribution in [2.45, 2.75) is 56.4 Å². The third-order valence-corrected chi connectivity index (χ3v) is 7.00. The van der Waals surface area contributed by atoms with Crippen LogP contribution in [0, 0.1) is 0 Å². The number of hydrogen-bond donors (Lipinski definition) is 2. The van der Waals surface area contributed by atoms with Gasteiger partial charge in [0.1, 0.15) is 0 Å². The lowest BCUT2D eigenvalue weighted by Gasteiger charge is -2.39. The first-order valence-electron chi connectivity index (χ1n) is 12.1. The van der Waals surface area contributed by atoms with Crippen molar-refractivity contribution in [2.75, 3.05) is 31.1 Å². The summed E-state index contributed by atoms with van der Waals surface area (Å²) in [5.41, 5.74) is -1.90. The second-order valence-electron chi connectivity index (χ2n) is 9.57. The first-order valence-corrected chi connectivity index (χ1v) is 12.1. The van der Waals surface area contributed by atoms with E-state index in [1.165, 1.54) is 0 Å². The predicted octanol–water partition coefficient (Wildman–Crippen LogP) is 5.65. The number of nitrogens with zero attached hydrogens (tertiary/aromatic N) is 1. The van der Waals surface area contributed by atoms with Gasteiger partial charge in [-0.2, -0.15) is 26.3 Å². The molecule has 0 aromatic heterocycles. The van der Waals surface area contributed by atoms with E-state index in [1.54, 1.807) is 0 Å². The summed E-state index contributed by atoms with van der Waals surface area (Å²) >= 11 is 0. The van der Waals surface area contributed by atoms with E-state index >= 15 is 0 Å². The van der Waals surface area contributed by atoms with Gasteiger partial charge in [0.05, 0.1) is 23.1 Å². The Hall–Kier alpha value is -2.75. The van der Waals surface area contributed by atoms with E-state index in [2.05, 4.69) is 15.5 Å². The number of halogens is 6. The van der Waals surface area contributed by atoms with Crippen molar-refractivity contribution in [1.29, 1.82) is 0 Å². The molecular weight excluding hydrogens is 484 g/mol. The smallest absolute Gasteiger partial charge is 0.369 e. The highest BCUT2D eigenvalue weighted by molar-refractivity contribution is 5.80. The Morgan fingerprint density at radius 1 is 0.861 bits per heavy atom. The maximum atomic E-state index is 13.2. The molecule has 2 fully saturated rings. The van der Waals surface area contributed by atoms with Gasteiger partial charge in [-0.1, -0.05) is 31.4 Å². The topological polar surface area (TPSA) is 44.4 Å². The normalized spacial score (nSPS) is 18.7. The van der Waals surface area contributed by atoms with Gasteiger partial charge in [0, 0.05) is 31.9 Å². The van der Waals surface area contributed by atoms with Crippen molar-refractivity contribution in [2.24, 2.45) is 0 Å². The van der Waals surface area contributed by atoms with E-state index in [0.717, 1.165) is 56.7 Å². The zero-order valence-corrected chi connectivity index (χ0v) is 19.7. The lowest BCUT2D eigenvalue weighted by molar-refractivity contribution is -0.143. The largest absolute Gasteiger partial charge is 0.416 e. The molecule has 1 saturated heterocycles. The van der Waals surface area contributed by atoms with Gasteiger partial charge < -0.3 is 15.5 Å². The summed E-state index contributed by atoms with van der Waals surface area (Å²) < 4.78 is 79.3. The van der Waals surface area contributed by atoms with Crippen LogP contribution in [0.2, 0.25) is 0 Å². The molecule has 1 aliphatic carbocycles. The Kier molecular flexibility index (Phi) is 7.54. The second kappa shape index (κ2) is 10.3. The number of carbonyl (C=O) groups excluding carboxylic acids is 1. The molecule has 0 radical (unpaired) electrons. The SMILES string of the molecule is O=C(Cc1cc(C(F)(F)F)cc(C(F)(F)F)c1)NC1(c2ccc(N3CCNCC3)cc2)CCCCC1. The predicted molar refractivity (Wildman–Crippen MR) is 125 cm³/mol. The maximum absolute atomic E-state index is 13.2. The molecule has 0 unspecified atom stereocenters. The quantitative estimate of drug-likeness (QED) is 0.508. The van der Waals surface area contributed by atoms with Gasteiger partial charge in [-0.05, 0) is 54.3 Å². The zero-order chi connectivity index (χ0) is 26.0. The van der Waals surface area contributed by atoms with Crippen LogP contribution in [0.3, 0.4) is 0 Å². The minimum Gasteiger partial charge on any atom is -0.369 e. The minimum absolute atomic E-state index is 0.0734. The summed E-state index contributed by atoms with van der Waals surface area (Å²) in [7, 11) is 0. The molecule has 36 heavy (non-hydrogen) atoms. The van der Waals surface area contributed by atoms with Crippen molar-refractivity contribution in [3.05, 3.63) is 64.7 Å². The van der Waals surface area contributed by atoms with Crippen molar-refractivity contribution >= 4 is 11.6 Å². The molecule has 4 nitrogen and oxygen atoms in total. The van der Waals surface area contributed by atoms with E-state index in [0.29, 0.717) is 25.0 Å². The fourth-order valence-corrected chi connectivity index (χ4v) is 5.17. The highest BCUT2D eigenvalue weighted by Gasteiger charge is 2.38. The Balaban J connectivity index is 1.56. The number of anilines is 1. The van der Waals surface area contributed by atoms with E-state index < -0.39 is 41.3 Å². The number of carbonyl (C=O) groups is 1. The van der Waals surface area contributed by atoms with Gasteiger partial charge in [0.25, 0.3) is 0 Å². The molecule has 1 saturated carbocycles. The molecule has 2 N–H and O–H groups in total. The van der Waals surface area contributed by atoms with Gasteiger partial charge >= 0.3 is 12.4 Å². The van der Waals surface area contributed by atoms with Crippen molar-refractivity contribution in [3.63, 3.8) is 0 Å². The summed E-state index contributed by atoms with van der Waals surface area (Å²) in [5.74, 6) is -0.601. The van der Waals surface area contributed by atoms with Crippen LogP contribution in [-0.2, 0) is 29.1 Å². The second-order valence-corrected chi connectivity index (χ2v) is 9.57. The van der Waals surface area contributed by atoms with Crippen LogP contribution in [0.1, 0.15) is 54.4 Å². The number of rotatable bonds is 5. The van der Waals surface area contributed by atoms with Crippen molar-refractivity contribution in [1.82, 2.24) is 10.6 Å². The first kappa shape index (κ1) is 26.3. The number of hydrogen-bond acceptors (Lipinski definition) is 3. The Bertz CT molecular complexity index is 1020. The van der Waals surface area contributed by atoms with Crippen LogP contribution in [0.25, 0.3) is 0 Å². The fourth-order valence-electron chi connectivity index (χ4n) is 5.17. The molecule has 1 aliphatic heterocycles. The summed E-state index contributed by atoms with van der Waals surface area (Å²) in [6.07, 6.45) is -6.45. The first-order chi connectivity index (χ1) is 17.0. The van der Waals surface area contributed by atoms with Gasteiger partial charge in [0.15, 0.2) is 0 Å². The van der Waals surface area contributed by atoms with Gasteiger partial charge in [-0.25, -0.2) is 0 Å². The number of alkyl halides is 6. The fraction of sp³-hybridized carbons (Fsp3) is 0.500. The van der Waals surface area contributed by atoms with E-state index in [1.807, 2.05) is 24.3 Å². The molecular formula is C26H29F6N3O. The van der Waals surface area contributed by atoms with Gasteiger partial charge in [0.2, 0.25) is 5.91 Å². The molecule has 2 aromatic carbocycles. The minimum atomic E-state index is -4.96. The number of amides is 1. The summed E-state index contributed by atoms with van der Waals surface area (Å²) in [6.45, 7) is 3.57. The third kappa shape index (κ3) is 6.14. The van der Waals surface area contributed by atoms with Crippen molar-refractivity contribution < 1.29 is 31.1 Å². The molecule has 196 valence electrons. The molecule has 0 atom stereocenters. The van der Waals surface area contributed by atoms with Crippen LogP contribution < -0.4 is 15.5 Å². The van der Waals surface area contributed by atoms with Crippen LogP contribution in [0.15, 0.2) is 42.5 Å². The lowest BCUT2D eigenvalue weighted by Crippen LogP contribution is -2.48. The number of nitrogens with one attached hydrogen (secondary N) is 2.